The summed E-state index contributed by atoms with van der Waals surface area (Å²) in [5, 5.41) is 8.08. The van der Waals surface area contributed by atoms with Crippen molar-refractivity contribution < 1.29 is 0 Å². The predicted molar refractivity (Wildman–Crippen MR) is 84.4 cm³/mol. The van der Waals surface area contributed by atoms with E-state index in [4.69, 9.17) is 0 Å². The summed E-state index contributed by atoms with van der Waals surface area (Å²) in [5.74, 6) is 0.446. The zero-order valence-corrected chi connectivity index (χ0v) is 13.1. The third-order valence-corrected chi connectivity index (χ3v) is 3.38. The minimum atomic E-state index is 0.446. The van der Waals surface area contributed by atoms with Crippen molar-refractivity contribution in [3.8, 4) is 5.69 Å². The summed E-state index contributed by atoms with van der Waals surface area (Å²) in [6.45, 7) is 11.8. The average molecular weight is 271 g/mol. The van der Waals surface area contributed by atoms with E-state index in [0.29, 0.717) is 12.0 Å². The second-order valence-corrected chi connectivity index (χ2v) is 6.00. The van der Waals surface area contributed by atoms with Gasteiger partial charge in [-0.25, -0.2) is 4.68 Å². The lowest BCUT2D eigenvalue weighted by Crippen LogP contribution is -2.22. The Bertz CT molecular complexity index is 567. The first-order valence-corrected chi connectivity index (χ1v) is 7.36. The van der Waals surface area contributed by atoms with Gasteiger partial charge in [-0.3, -0.25) is 0 Å². The maximum absolute atomic E-state index is 4.60. The van der Waals surface area contributed by atoms with E-state index in [1.54, 1.807) is 0 Å². The molecule has 0 fully saturated rings. The molecule has 0 spiro atoms. The van der Waals surface area contributed by atoms with Crippen LogP contribution < -0.4 is 5.32 Å². The number of hydrogen-bond acceptors (Lipinski definition) is 2. The lowest BCUT2D eigenvalue weighted by atomic mass is 10.1. The van der Waals surface area contributed by atoms with Gasteiger partial charge in [0.2, 0.25) is 0 Å². The van der Waals surface area contributed by atoms with Crippen LogP contribution in [0, 0.1) is 6.92 Å². The van der Waals surface area contributed by atoms with E-state index in [2.05, 4.69) is 74.0 Å². The quantitative estimate of drug-likeness (QED) is 0.896. The SMILES string of the molecule is Cc1cccc(-n2ncc(CNC(C)C)c2C(C)C)c1. The van der Waals surface area contributed by atoms with Gasteiger partial charge in [0.15, 0.2) is 0 Å². The first-order chi connectivity index (χ1) is 9.49. The number of rotatable bonds is 5. The number of nitrogens with zero attached hydrogens (tertiary/aromatic N) is 2. The van der Waals surface area contributed by atoms with Gasteiger partial charge in [0.1, 0.15) is 0 Å². The molecule has 0 aliphatic carbocycles. The van der Waals surface area contributed by atoms with Crippen LogP contribution in [0.4, 0.5) is 0 Å². The molecule has 0 unspecified atom stereocenters. The molecule has 0 amide bonds. The minimum Gasteiger partial charge on any atom is -0.310 e. The summed E-state index contributed by atoms with van der Waals surface area (Å²) in [7, 11) is 0. The number of aryl methyl sites for hydroxylation is 1. The number of hydrogen-bond donors (Lipinski definition) is 1. The van der Waals surface area contributed by atoms with Gasteiger partial charge in [0.05, 0.1) is 17.6 Å². The second kappa shape index (κ2) is 6.23. The molecule has 0 aliphatic heterocycles. The van der Waals surface area contributed by atoms with Crippen molar-refractivity contribution in [3.63, 3.8) is 0 Å². The van der Waals surface area contributed by atoms with Crippen molar-refractivity contribution in [3.05, 3.63) is 47.3 Å². The van der Waals surface area contributed by atoms with Gasteiger partial charge in [0.25, 0.3) is 0 Å². The summed E-state index contributed by atoms with van der Waals surface area (Å²) in [6, 6.07) is 8.98. The zero-order valence-electron chi connectivity index (χ0n) is 13.1. The Kier molecular flexibility index (Phi) is 4.61. The fraction of sp³-hybridized carbons (Fsp3) is 0.471. The zero-order chi connectivity index (χ0) is 14.7. The highest BCUT2D eigenvalue weighted by Gasteiger charge is 2.15. The van der Waals surface area contributed by atoms with Gasteiger partial charge in [-0.2, -0.15) is 5.10 Å². The highest BCUT2D eigenvalue weighted by atomic mass is 15.3. The molecule has 1 heterocycles. The third kappa shape index (κ3) is 3.28. The molecule has 2 rings (SSSR count). The van der Waals surface area contributed by atoms with Gasteiger partial charge in [-0.15, -0.1) is 0 Å². The van der Waals surface area contributed by atoms with Crippen molar-refractivity contribution in [1.82, 2.24) is 15.1 Å². The molecule has 108 valence electrons. The normalized spacial score (nSPS) is 11.6. The van der Waals surface area contributed by atoms with Crippen LogP contribution in [0.25, 0.3) is 5.69 Å². The van der Waals surface area contributed by atoms with Crippen molar-refractivity contribution in [2.75, 3.05) is 0 Å². The summed E-state index contributed by atoms with van der Waals surface area (Å²) < 4.78 is 2.08. The molecule has 1 aromatic heterocycles. The van der Waals surface area contributed by atoms with E-state index in [1.165, 1.54) is 16.8 Å². The lowest BCUT2D eigenvalue weighted by Gasteiger charge is -2.14. The van der Waals surface area contributed by atoms with Gasteiger partial charge in [-0.05, 0) is 30.5 Å². The largest absolute Gasteiger partial charge is 0.310 e. The Balaban J connectivity index is 2.39. The molecule has 20 heavy (non-hydrogen) atoms. The Hall–Kier alpha value is -1.61. The standard InChI is InChI=1S/C17H25N3/c1-12(2)17-15(10-18-13(3)4)11-19-20(17)16-8-6-7-14(5)9-16/h6-9,11-13,18H,10H2,1-5H3. The number of benzene rings is 1. The van der Waals surface area contributed by atoms with Gasteiger partial charge in [0, 0.05) is 18.2 Å². The fourth-order valence-electron chi connectivity index (χ4n) is 2.42. The van der Waals surface area contributed by atoms with Gasteiger partial charge >= 0.3 is 0 Å². The van der Waals surface area contributed by atoms with E-state index >= 15 is 0 Å². The molecular formula is C17H25N3. The van der Waals surface area contributed by atoms with Crippen LogP contribution in [-0.2, 0) is 6.54 Å². The van der Waals surface area contributed by atoms with Crippen molar-refractivity contribution in [1.29, 1.82) is 0 Å². The van der Waals surface area contributed by atoms with Crippen LogP contribution in [0.1, 0.15) is 50.4 Å². The monoisotopic (exact) mass is 271 g/mol. The van der Waals surface area contributed by atoms with E-state index < -0.39 is 0 Å². The van der Waals surface area contributed by atoms with Crippen LogP contribution in [0.15, 0.2) is 30.5 Å². The van der Waals surface area contributed by atoms with E-state index in [-0.39, 0.29) is 0 Å². The Morgan fingerprint density at radius 1 is 1.20 bits per heavy atom. The smallest absolute Gasteiger partial charge is 0.0651 e. The molecule has 1 N–H and O–H groups in total. The summed E-state index contributed by atoms with van der Waals surface area (Å²) in [4.78, 5) is 0. The minimum absolute atomic E-state index is 0.446. The molecule has 0 saturated carbocycles. The van der Waals surface area contributed by atoms with Crippen LogP contribution >= 0.6 is 0 Å². The van der Waals surface area contributed by atoms with Crippen LogP contribution in [0.2, 0.25) is 0 Å². The predicted octanol–water partition coefficient (Wildman–Crippen LogP) is 3.80. The van der Waals surface area contributed by atoms with E-state index in [9.17, 15) is 0 Å². The Morgan fingerprint density at radius 2 is 1.95 bits per heavy atom. The number of nitrogens with one attached hydrogen (secondary N) is 1. The summed E-state index contributed by atoms with van der Waals surface area (Å²) in [5.41, 5.74) is 4.98. The Morgan fingerprint density at radius 3 is 2.55 bits per heavy atom. The summed E-state index contributed by atoms with van der Waals surface area (Å²) in [6.07, 6.45) is 1.99. The van der Waals surface area contributed by atoms with Gasteiger partial charge < -0.3 is 5.32 Å². The van der Waals surface area contributed by atoms with Crippen molar-refractivity contribution >= 4 is 0 Å². The molecule has 3 nitrogen and oxygen atoms in total. The Labute approximate surface area is 122 Å². The van der Waals surface area contributed by atoms with Crippen molar-refractivity contribution in [2.45, 2.75) is 53.1 Å². The average Bonchev–Trinajstić information content (AvgIpc) is 2.80. The highest BCUT2D eigenvalue weighted by molar-refractivity contribution is 5.38. The molecule has 0 aliphatic rings. The molecular weight excluding hydrogens is 246 g/mol. The first kappa shape index (κ1) is 14.8. The fourth-order valence-corrected chi connectivity index (χ4v) is 2.42. The topological polar surface area (TPSA) is 29.9 Å². The highest BCUT2D eigenvalue weighted by Crippen LogP contribution is 2.23. The first-order valence-electron chi connectivity index (χ1n) is 7.36. The summed E-state index contributed by atoms with van der Waals surface area (Å²) >= 11 is 0. The van der Waals surface area contributed by atoms with Gasteiger partial charge in [-0.1, -0.05) is 39.8 Å². The number of aromatic nitrogens is 2. The molecule has 0 bridgehead atoms. The molecule has 0 atom stereocenters. The van der Waals surface area contributed by atoms with Crippen LogP contribution in [-0.4, -0.2) is 15.8 Å². The molecule has 3 heteroatoms. The molecule has 2 aromatic rings. The van der Waals surface area contributed by atoms with E-state index in [0.717, 1.165) is 12.2 Å². The van der Waals surface area contributed by atoms with Crippen LogP contribution in [0.5, 0.6) is 0 Å². The van der Waals surface area contributed by atoms with Crippen LogP contribution in [0.3, 0.4) is 0 Å². The maximum Gasteiger partial charge on any atom is 0.0651 e. The lowest BCUT2D eigenvalue weighted by molar-refractivity contribution is 0.582. The molecule has 0 radical (unpaired) electrons. The van der Waals surface area contributed by atoms with Crippen molar-refractivity contribution in [2.24, 2.45) is 0 Å². The third-order valence-electron chi connectivity index (χ3n) is 3.38. The molecule has 0 saturated heterocycles. The maximum atomic E-state index is 4.60. The van der Waals surface area contributed by atoms with E-state index in [1.807, 2.05) is 6.20 Å². The molecule has 1 aromatic carbocycles. The second-order valence-electron chi connectivity index (χ2n) is 6.00.